The number of alkyl halides is 1. The van der Waals surface area contributed by atoms with E-state index in [0.717, 1.165) is 0 Å². The molecule has 6 heteroatoms. The van der Waals surface area contributed by atoms with Gasteiger partial charge in [-0.2, -0.15) is 8.42 Å². The van der Waals surface area contributed by atoms with Gasteiger partial charge in [0.05, 0.1) is 11.5 Å². The minimum Gasteiger partial charge on any atom is -0.264 e. The highest BCUT2D eigenvalue weighted by Crippen LogP contribution is 2.15. The van der Waals surface area contributed by atoms with Crippen molar-refractivity contribution < 1.29 is 17.0 Å². The summed E-state index contributed by atoms with van der Waals surface area (Å²) in [5, 5.41) is 0.425. The lowest BCUT2D eigenvalue weighted by molar-refractivity contribution is 0.277. The van der Waals surface area contributed by atoms with E-state index in [4.69, 9.17) is 11.6 Å². The fraction of sp³-hybridized carbons (Fsp3) is 0.250. The zero-order valence-electron chi connectivity index (χ0n) is 7.11. The lowest BCUT2D eigenvalue weighted by Crippen LogP contribution is -2.08. The number of hydrogen-bond acceptors (Lipinski definition) is 3. The Morgan fingerprint density at radius 3 is 2.36 bits per heavy atom. The first-order valence-electron chi connectivity index (χ1n) is 3.77. The van der Waals surface area contributed by atoms with Crippen molar-refractivity contribution in [1.29, 1.82) is 0 Å². The quantitative estimate of drug-likeness (QED) is 0.754. The minimum absolute atomic E-state index is 0.0321. The number of benzene rings is 1. The van der Waals surface area contributed by atoms with E-state index in [1.54, 1.807) is 0 Å². The summed E-state index contributed by atoms with van der Waals surface area (Å²) < 4.78 is 38.6. The summed E-state index contributed by atoms with van der Waals surface area (Å²) in [6.07, 6.45) is 0. The van der Waals surface area contributed by atoms with Crippen molar-refractivity contribution in [2.45, 2.75) is 4.90 Å². The van der Waals surface area contributed by atoms with E-state index in [1.807, 2.05) is 0 Å². The van der Waals surface area contributed by atoms with Crippen LogP contribution in [0.25, 0.3) is 0 Å². The van der Waals surface area contributed by atoms with E-state index in [2.05, 4.69) is 4.18 Å². The lowest BCUT2D eigenvalue weighted by atomic mass is 10.4. The van der Waals surface area contributed by atoms with Crippen LogP contribution in [-0.2, 0) is 14.3 Å². The maximum atomic E-state index is 11.7. The monoisotopic (exact) mass is 238 g/mol. The highest BCUT2D eigenvalue weighted by atomic mass is 35.5. The summed E-state index contributed by atoms with van der Waals surface area (Å²) in [6.45, 7) is -1.31. The van der Waals surface area contributed by atoms with E-state index >= 15 is 0 Å². The van der Waals surface area contributed by atoms with Crippen molar-refractivity contribution in [3.05, 3.63) is 29.3 Å². The van der Waals surface area contributed by atoms with Gasteiger partial charge in [0.15, 0.2) is 0 Å². The first-order chi connectivity index (χ1) is 6.56. The van der Waals surface area contributed by atoms with Gasteiger partial charge in [-0.25, -0.2) is 4.39 Å². The van der Waals surface area contributed by atoms with E-state index < -0.39 is 23.4 Å². The molecule has 0 N–H and O–H groups in total. The van der Waals surface area contributed by atoms with E-state index in [9.17, 15) is 12.8 Å². The van der Waals surface area contributed by atoms with Crippen LogP contribution in [0, 0.1) is 0 Å². The van der Waals surface area contributed by atoms with Gasteiger partial charge in [-0.05, 0) is 24.3 Å². The van der Waals surface area contributed by atoms with Crippen molar-refractivity contribution >= 4 is 21.7 Å². The molecule has 0 fully saturated rings. The second-order valence-corrected chi connectivity index (χ2v) is 4.47. The molecule has 0 radical (unpaired) electrons. The van der Waals surface area contributed by atoms with Gasteiger partial charge in [-0.1, -0.05) is 11.6 Å². The molecule has 0 amide bonds. The average molecular weight is 239 g/mol. The molecule has 1 aromatic carbocycles. The zero-order chi connectivity index (χ0) is 10.6. The maximum Gasteiger partial charge on any atom is 0.297 e. The molecule has 0 atom stereocenters. The summed E-state index contributed by atoms with van der Waals surface area (Å²) >= 11 is 5.57. The number of rotatable bonds is 4. The average Bonchev–Trinajstić information content (AvgIpc) is 2.16. The van der Waals surface area contributed by atoms with E-state index in [0.29, 0.717) is 5.02 Å². The van der Waals surface area contributed by atoms with Crippen molar-refractivity contribution in [1.82, 2.24) is 0 Å². The molecule has 0 heterocycles. The van der Waals surface area contributed by atoms with E-state index in [1.165, 1.54) is 24.3 Å². The Labute approximate surface area is 86.6 Å². The van der Waals surface area contributed by atoms with Gasteiger partial charge in [0.25, 0.3) is 10.1 Å². The molecule has 0 bridgehead atoms. The molecule has 0 spiro atoms. The van der Waals surface area contributed by atoms with Crippen LogP contribution in [0.2, 0.25) is 5.02 Å². The summed E-state index contributed by atoms with van der Waals surface area (Å²) in [7, 11) is -3.84. The van der Waals surface area contributed by atoms with Crippen molar-refractivity contribution in [2.24, 2.45) is 0 Å². The summed E-state index contributed by atoms with van der Waals surface area (Å²) in [4.78, 5) is -0.0321. The Bertz CT molecular complexity index is 388. The van der Waals surface area contributed by atoms with Gasteiger partial charge in [0, 0.05) is 5.02 Å². The third kappa shape index (κ3) is 2.94. The van der Waals surface area contributed by atoms with Crippen LogP contribution < -0.4 is 0 Å². The Morgan fingerprint density at radius 1 is 1.29 bits per heavy atom. The van der Waals surface area contributed by atoms with Crippen LogP contribution in [0.3, 0.4) is 0 Å². The molecule has 3 nitrogen and oxygen atoms in total. The van der Waals surface area contributed by atoms with Crippen LogP contribution in [0.1, 0.15) is 0 Å². The Morgan fingerprint density at radius 2 is 1.86 bits per heavy atom. The van der Waals surface area contributed by atoms with Crippen LogP contribution >= 0.6 is 11.6 Å². The maximum absolute atomic E-state index is 11.7. The largest absolute Gasteiger partial charge is 0.297 e. The number of hydrogen-bond donors (Lipinski definition) is 0. The Balaban J connectivity index is 2.87. The highest BCUT2D eigenvalue weighted by Gasteiger charge is 2.14. The lowest BCUT2D eigenvalue weighted by Gasteiger charge is -2.02. The molecule has 0 aliphatic carbocycles. The predicted octanol–water partition coefficient (Wildman–Crippen LogP) is 2.01. The Kier molecular flexibility index (Phi) is 3.86. The molecule has 0 saturated carbocycles. The molecule has 0 saturated heterocycles. The van der Waals surface area contributed by atoms with Crippen LogP contribution in [0.5, 0.6) is 0 Å². The van der Waals surface area contributed by atoms with Crippen molar-refractivity contribution in [3.63, 3.8) is 0 Å². The molecule has 78 valence electrons. The molecule has 1 rings (SSSR count). The van der Waals surface area contributed by atoms with Gasteiger partial charge in [0.1, 0.15) is 6.67 Å². The normalized spacial score (nSPS) is 11.6. The standard InChI is InChI=1S/C8H8ClFO3S/c9-7-1-3-8(4-2-7)14(11,12)13-6-5-10/h1-4H,5-6H2. The van der Waals surface area contributed by atoms with Crippen LogP contribution in [0.4, 0.5) is 4.39 Å². The molecule has 0 unspecified atom stereocenters. The molecule has 1 aromatic rings. The van der Waals surface area contributed by atoms with Gasteiger partial charge < -0.3 is 0 Å². The van der Waals surface area contributed by atoms with Crippen LogP contribution in [-0.4, -0.2) is 21.7 Å². The van der Waals surface area contributed by atoms with Gasteiger partial charge in [-0.15, -0.1) is 0 Å². The third-order valence-corrected chi connectivity index (χ3v) is 3.00. The van der Waals surface area contributed by atoms with Gasteiger partial charge in [-0.3, -0.25) is 4.18 Å². The highest BCUT2D eigenvalue weighted by molar-refractivity contribution is 7.86. The molecule has 0 aliphatic heterocycles. The topological polar surface area (TPSA) is 43.4 Å². The molecule has 0 aromatic heterocycles. The minimum atomic E-state index is -3.84. The van der Waals surface area contributed by atoms with Crippen molar-refractivity contribution in [2.75, 3.05) is 13.3 Å². The van der Waals surface area contributed by atoms with Crippen molar-refractivity contribution in [3.8, 4) is 0 Å². The first kappa shape index (κ1) is 11.4. The molecule has 14 heavy (non-hydrogen) atoms. The number of halogens is 2. The molecular formula is C8H8ClFO3S. The SMILES string of the molecule is O=S(=O)(OCCF)c1ccc(Cl)cc1. The zero-order valence-corrected chi connectivity index (χ0v) is 8.68. The first-order valence-corrected chi connectivity index (χ1v) is 5.56. The van der Waals surface area contributed by atoms with Crippen LogP contribution in [0.15, 0.2) is 29.2 Å². The van der Waals surface area contributed by atoms with Gasteiger partial charge >= 0.3 is 0 Å². The third-order valence-electron chi connectivity index (χ3n) is 1.42. The summed E-state index contributed by atoms with van der Waals surface area (Å²) in [5.74, 6) is 0. The smallest absolute Gasteiger partial charge is 0.264 e. The molecule has 0 aliphatic rings. The van der Waals surface area contributed by atoms with E-state index in [-0.39, 0.29) is 4.90 Å². The van der Waals surface area contributed by atoms with Gasteiger partial charge in [0.2, 0.25) is 0 Å². The Hall–Kier alpha value is -0.650. The fourth-order valence-corrected chi connectivity index (χ4v) is 1.82. The molecular weight excluding hydrogens is 231 g/mol. The summed E-state index contributed by atoms with van der Waals surface area (Å²) in [6, 6.07) is 5.45. The summed E-state index contributed by atoms with van der Waals surface area (Å²) in [5.41, 5.74) is 0. The second kappa shape index (κ2) is 4.72. The predicted molar refractivity (Wildman–Crippen MR) is 50.6 cm³/mol. The fourth-order valence-electron chi connectivity index (χ4n) is 0.811. The second-order valence-electron chi connectivity index (χ2n) is 2.42.